The van der Waals surface area contributed by atoms with Gasteiger partial charge in [0.2, 0.25) is 5.91 Å². The number of carbonyl (C=O) groups excluding carboxylic acids is 3. The first-order chi connectivity index (χ1) is 12.9. The van der Waals surface area contributed by atoms with Crippen molar-refractivity contribution < 1.29 is 19.1 Å². The third kappa shape index (κ3) is 3.83. The molecule has 1 fully saturated rings. The van der Waals surface area contributed by atoms with Crippen molar-refractivity contribution in [3.63, 3.8) is 0 Å². The molecule has 3 rings (SSSR count). The summed E-state index contributed by atoms with van der Waals surface area (Å²) in [6.45, 7) is 1.85. The second-order valence-corrected chi connectivity index (χ2v) is 6.26. The van der Waals surface area contributed by atoms with Gasteiger partial charge in [-0.2, -0.15) is 0 Å². The molecule has 0 aromatic heterocycles. The molecule has 0 aliphatic carbocycles. The Hall–Kier alpha value is -3.19. The van der Waals surface area contributed by atoms with Gasteiger partial charge in [-0.25, -0.2) is 9.69 Å². The summed E-state index contributed by atoms with van der Waals surface area (Å²) in [5.74, 6) is -2.06. The first-order valence-electron chi connectivity index (χ1n) is 8.04. The molecule has 7 nitrogen and oxygen atoms in total. The number of aliphatic imine (C=N–C) groups is 1. The number of ether oxygens (including phenoxy) is 1. The van der Waals surface area contributed by atoms with Crippen LogP contribution in [-0.2, 0) is 9.59 Å². The fourth-order valence-electron chi connectivity index (χ4n) is 2.52. The van der Waals surface area contributed by atoms with Crippen LogP contribution in [0.3, 0.4) is 0 Å². The molecule has 4 amide bonds. The van der Waals surface area contributed by atoms with Crippen LogP contribution in [0.4, 0.5) is 16.2 Å². The van der Waals surface area contributed by atoms with Crippen LogP contribution in [0.1, 0.15) is 5.56 Å². The number of carbonyl (C=O) groups is 3. The van der Waals surface area contributed by atoms with Crippen molar-refractivity contribution in [2.75, 3.05) is 12.0 Å². The van der Waals surface area contributed by atoms with E-state index in [0.717, 1.165) is 10.5 Å². The molecule has 0 unspecified atom stereocenters. The van der Waals surface area contributed by atoms with Gasteiger partial charge < -0.3 is 4.74 Å². The summed E-state index contributed by atoms with van der Waals surface area (Å²) >= 11 is 6.06. The molecule has 1 aliphatic heterocycles. The number of imide groups is 2. The molecular formula is C19H16ClN3O4. The summed E-state index contributed by atoms with van der Waals surface area (Å²) in [7, 11) is 1.51. The van der Waals surface area contributed by atoms with E-state index in [4.69, 9.17) is 16.3 Å². The number of nitrogens with one attached hydrogen (secondary N) is 1. The van der Waals surface area contributed by atoms with Gasteiger partial charge in [-0.15, -0.1) is 0 Å². The van der Waals surface area contributed by atoms with Crippen molar-refractivity contribution in [2.24, 2.45) is 10.9 Å². The number of urea groups is 1. The summed E-state index contributed by atoms with van der Waals surface area (Å²) < 4.78 is 5.06. The van der Waals surface area contributed by atoms with E-state index in [1.54, 1.807) is 42.5 Å². The maximum Gasteiger partial charge on any atom is 0.335 e. The van der Waals surface area contributed by atoms with E-state index < -0.39 is 23.8 Å². The third-order valence-electron chi connectivity index (χ3n) is 4.06. The highest BCUT2D eigenvalue weighted by Crippen LogP contribution is 2.25. The zero-order valence-corrected chi connectivity index (χ0v) is 15.4. The second-order valence-electron chi connectivity index (χ2n) is 5.86. The Morgan fingerprint density at radius 1 is 1.15 bits per heavy atom. The number of halogens is 1. The van der Waals surface area contributed by atoms with E-state index in [-0.39, 0.29) is 0 Å². The quantitative estimate of drug-likeness (QED) is 0.646. The Labute approximate surface area is 160 Å². The number of anilines is 1. The van der Waals surface area contributed by atoms with Crippen molar-refractivity contribution >= 4 is 47.0 Å². The average molecular weight is 386 g/mol. The molecule has 0 spiro atoms. The highest BCUT2D eigenvalue weighted by Gasteiger charge is 2.40. The number of hydrogen-bond acceptors (Lipinski definition) is 5. The van der Waals surface area contributed by atoms with Gasteiger partial charge >= 0.3 is 6.03 Å². The van der Waals surface area contributed by atoms with Crippen LogP contribution in [0, 0.1) is 12.8 Å². The Morgan fingerprint density at radius 2 is 1.85 bits per heavy atom. The molecule has 1 heterocycles. The smallest absolute Gasteiger partial charge is 0.335 e. The molecule has 138 valence electrons. The van der Waals surface area contributed by atoms with Crippen LogP contribution >= 0.6 is 11.6 Å². The van der Waals surface area contributed by atoms with Gasteiger partial charge in [0.05, 0.1) is 18.5 Å². The van der Waals surface area contributed by atoms with Crippen molar-refractivity contribution in [3.8, 4) is 5.75 Å². The number of amides is 4. The minimum absolute atomic E-state index is 0.322. The monoisotopic (exact) mass is 385 g/mol. The fraction of sp³-hybridized carbons (Fsp3) is 0.158. The SMILES string of the molecule is COc1ccc(N2C(=O)NC(=O)[C@H](C=Nc3ccc(C)c(Cl)c3)C2=O)cc1. The topological polar surface area (TPSA) is 88.1 Å². The first-order valence-corrected chi connectivity index (χ1v) is 8.41. The van der Waals surface area contributed by atoms with Gasteiger partial charge in [-0.1, -0.05) is 17.7 Å². The Morgan fingerprint density at radius 3 is 2.48 bits per heavy atom. The zero-order valence-electron chi connectivity index (χ0n) is 14.6. The van der Waals surface area contributed by atoms with Crippen LogP contribution in [0.5, 0.6) is 5.75 Å². The van der Waals surface area contributed by atoms with E-state index in [1.165, 1.54) is 13.3 Å². The lowest BCUT2D eigenvalue weighted by molar-refractivity contribution is -0.131. The van der Waals surface area contributed by atoms with Crippen molar-refractivity contribution in [1.82, 2.24) is 5.32 Å². The summed E-state index contributed by atoms with van der Waals surface area (Å²) in [4.78, 5) is 42.1. The van der Waals surface area contributed by atoms with Crippen molar-refractivity contribution in [3.05, 3.63) is 53.1 Å². The van der Waals surface area contributed by atoms with Gasteiger partial charge in [0.15, 0.2) is 5.92 Å². The number of hydrogen-bond donors (Lipinski definition) is 1. The van der Waals surface area contributed by atoms with E-state index in [2.05, 4.69) is 10.3 Å². The zero-order chi connectivity index (χ0) is 19.6. The van der Waals surface area contributed by atoms with Crippen LogP contribution in [0.15, 0.2) is 47.5 Å². The predicted molar refractivity (Wildman–Crippen MR) is 102 cm³/mol. The van der Waals surface area contributed by atoms with Crippen LogP contribution in [-0.4, -0.2) is 31.2 Å². The Kier molecular flexibility index (Phi) is 5.23. The lowest BCUT2D eigenvalue weighted by atomic mass is 10.1. The molecule has 27 heavy (non-hydrogen) atoms. The van der Waals surface area contributed by atoms with Gasteiger partial charge in [-0.05, 0) is 48.9 Å². The molecular weight excluding hydrogens is 370 g/mol. The van der Waals surface area contributed by atoms with Crippen molar-refractivity contribution in [1.29, 1.82) is 0 Å². The standard InChI is InChI=1S/C19H16ClN3O4/c1-11-3-4-12(9-16(11)20)21-10-15-17(24)22-19(26)23(18(15)25)13-5-7-14(27-2)8-6-13/h3-10,15H,1-2H3,(H,22,24,26)/t15-/m0/s1. The summed E-state index contributed by atoms with van der Waals surface area (Å²) in [5, 5.41) is 2.70. The second kappa shape index (κ2) is 7.59. The highest BCUT2D eigenvalue weighted by molar-refractivity contribution is 6.33. The maximum absolute atomic E-state index is 12.7. The normalized spacial score (nSPS) is 17.4. The van der Waals surface area contributed by atoms with Crippen LogP contribution in [0.2, 0.25) is 5.02 Å². The van der Waals surface area contributed by atoms with Crippen LogP contribution < -0.4 is 15.0 Å². The molecule has 1 saturated heterocycles. The minimum atomic E-state index is -1.23. The van der Waals surface area contributed by atoms with Gasteiger partial charge in [0.1, 0.15) is 5.75 Å². The molecule has 2 aromatic rings. The first kappa shape index (κ1) is 18.6. The average Bonchev–Trinajstić information content (AvgIpc) is 2.64. The molecule has 2 aromatic carbocycles. The highest BCUT2D eigenvalue weighted by atomic mass is 35.5. The number of aryl methyl sites for hydroxylation is 1. The van der Waals surface area contributed by atoms with Crippen molar-refractivity contribution in [2.45, 2.75) is 6.92 Å². The lowest BCUT2D eigenvalue weighted by Gasteiger charge is -2.28. The molecule has 0 saturated carbocycles. The summed E-state index contributed by atoms with van der Waals surface area (Å²) in [5.41, 5.74) is 1.71. The largest absolute Gasteiger partial charge is 0.497 e. The van der Waals surface area contributed by atoms with E-state index >= 15 is 0 Å². The van der Waals surface area contributed by atoms with Gasteiger partial charge in [-0.3, -0.25) is 19.9 Å². The predicted octanol–water partition coefficient (Wildman–Crippen LogP) is 3.26. The summed E-state index contributed by atoms with van der Waals surface area (Å²) in [6, 6.07) is 10.7. The van der Waals surface area contributed by atoms with Gasteiger partial charge in [0, 0.05) is 11.2 Å². The molecule has 0 radical (unpaired) electrons. The van der Waals surface area contributed by atoms with Gasteiger partial charge in [0.25, 0.3) is 5.91 Å². The Bertz CT molecular complexity index is 940. The maximum atomic E-state index is 12.7. The van der Waals surface area contributed by atoms with Crippen LogP contribution in [0.25, 0.3) is 0 Å². The summed E-state index contributed by atoms with van der Waals surface area (Å²) in [6.07, 6.45) is 1.21. The Balaban J connectivity index is 1.87. The fourth-order valence-corrected chi connectivity index (χ4v) is 2.70. The molecule has 1 atom stereocenters. The molecule has 1 N–H and O–H groups in total. The number of barbiturate groups is 1. The third-order valence-corrected chi connectivity index (χ3v) is 4.47. The van der Waals surface area contributed by atoms with E-state index in [9.17, 15) is 14.4 Å². The molecule has 8 heteroatoms. The lowest BCUT2D eigenvalue weighted by Crippen LogP contribution is -2.58. The minimum Gasteiger partial charge on any atom is -0.497 e. The molecule has 1 aliphatic rings. The number of methoxy groups -OCH3 is 1. The van der Waals surface area contributed by atoms with E-state index in [0.29, 0.717) is 22.1 Å². The van der Waals surface area contributed by atoms with E-state index in [1.807, 2.05) is 6.92 Å². The molecule has 0 bridgehead atoms. The number of rotatable bonds is 4. The number of benzene rings is 2. The number of nitrogens with zero attached hydrogens (tertiary/aromatic N) is 2.